The van der Waals surface area contributed by atoms with E-state index in [4.69, 9.17) is 0 Å². The number of allylic oxidation sites excluding steroid dienone is 2. The summed E-state index contributed by atoms with van der Waals surface area (Å²) in [5.74, 6) is 1.50. The summed E-state index contributed by atoms with van der Waals surface area (Å²) in [4.78, 5) is 0. The lowest BCUT2D eigenvalue weighted by Gasteiger charge is -1.77. The van der Waals surface area contributed by atoms with Crippen LogP contribution in [0.5, 0.6) is 0 Å². The highest BCUT2D eigenvalue weighted by molar-refractivity contribution is 5.48. The highest BCUT2D eigenvalue weighted by atomic mass is 14.2. The summed E-state index contributed by atoms with van der Waals surface area (Å²) in [6, 6.07) is 0. The lowest BCUT2D eigenvalue weighted by molar-refractivity contribution is 1.15. The molecule has 0 unspecified atom stereocenters. The molecule has 6 heavy (non-hydrogen) atoms. The van der Waals surface area contributed by atoms with Crippen molar-refractivity contribution in [2.75, 3.05) is 0 Å². The fourth-order valence-corrected chi connectivity index (χ4v) is 0.606. The van der Waals surface area contributed by atoms with Gasteiger partial charge in [0.25, 0.3) is 0 Å². The van der Waals surface area contributed by atoms with E-state index < -0.39 is 0 Å². The topological polar surface area (TPSA) is 0 Å². The van der Waals surface area contributed by atoms with Crippen molar-refractivity contribution in [3.05, 3.63) is 17.6 Å². The third kappa shape index (κ3) is 0.469. The molecule has 0 nitrogen and oxygen atoms in total. The van der Waals surface area contributed by atoms with Gasteiger partial charge in [-0.25, -0.2) is 0 Å². The Labute approximate surface area is 38.9 Å². The van der Waals surface area contributed by atoms with Crippen molar-refractivity contribution < 1.29 is 0 Å². The Balaban J connectivity index is 2.23. The summed E-state index contributed by atoms with van der Waals surface area (Å²) in [7, 11) is 0. The normalized spacial score (nSPS) is 20.7. The van der Waals surface area contributed by atoms with Gasteiger partial charge in [-0.3, -0.25) is 0 Å². The minimum absolute atomic E-state index is 1.23. The fourth-order valence-electron chi connectivity index (χ4n) is 0.606. The molecule has 0 atom stereocenters. The van der Waals surface area contributed by atoms with E-state index in [0.717, 1.165) is 0 Å². The summed E-state index contributed by atoms with van der Waals surface area (Å²) < 4.78 is 0. The molecule has 0 heterocycles. The predicted octanol–water partition coefficient (Wildman–Crippen LogP) is 1.93. The summed E-state index contributed by atoms with van der Waals surface area (Å²) in [6.45, 7) is 4.33. The van der Waals surface area contributed by atoms with Crippen molar-refractivity contribution in [1.29, 1.82) is 0 Å². The largest absolute Gasteiger partial charge is 0.0733 e. The highest BCUT2D eigenvalue weighted by Crippen LogP contribution is 2.32. The smallest absolute Gasteiger partial charge is 0.0191 e. The van der Waals surface area contributed by atoms with Gasteiger partial charge in [0.1, 0.15) is 0 Å². The molecule has 1 radical (unpaired) electrons. The third-order valence-corrected chi connectivity index (χ3v) is 1.19. The monoisotopic (exact) mass is 81.1 g/mol. The molecule has 0 spiro atoms. The average molecular weight is 81.1 g/mol. The van der Waals surface area contributed by atoms with Crippen molar-refractivity contribution >= 4 is 0 Å². The Morgan fingerprint density at radius 3 is 2.17 bits per heavy atom. The molecule has 0 N–H and O–H groups in total. The number of hydrogen-bond donors (Lipinski definition) is 0. The second-order valence-corrected chi connectivity index (χ2v) is 1.71. The molecule has 0 saturated carbocycles. The minimum Gasteiger partial charge on any atom is -0.0733 e. The van der Waals surface area contributed by atoms with E-state index in [-0.39, 0.29) is 0 Å². The van der Waals surface area contributed by atoms with E-state index in [9.17, 15) is 0 Å². The molecule has 0 aromatic rings. The molecule has 1 rings (SSSR count). The third-order valence-electron chi connectivity index (χ3n) is 1.19. The van der Waals surface area contributed by atoms with Gasteiger partial charge in [-0.05, 0) is 6.42 Å². The zero-order valence-electron chi connectivity index (χ0n) is 4.28. The van der Waals surface area contributed by atoms with Crippen LogP contribution in [0.15, 0.2) is 11.6 Å². The van der Waals surface area contributed by atoms with Crippen LogP contribution in [0.25, 0.3) is 0 Å². The molecule has 0 aliphatic heterocycles. The van der Waals surface area contributed by atoms with Crippen molar-refractivity contribution in [1.82, 2.24) is 0 Å². The Morgan fingerprint density at radius 1 is 1.67 bits per heavy atom. The molecule has 33 valence electrons. The summed E-state index contributed by atoms with van der Waals surface area (Å²) in [6.07, 6.45) is 3.45. The predicted molar refractivity (Wildman–Crippen MR) is 27.3 cm³/mol. The maximum absolute atomic E-state index is 2.22. The van der Waals surface area contributed by atoms with Crippen LogP contribution in [0.2, 0.25) is 0 Å². The SMILES string of the molecule is CCC1=C[C]1C. The summed E-state index contributed by atoms with van der Waals surface area (Å²) in [5.41, 5.74) is 1.55. The van der Waals surface area contributed by atoms with Gasteiger partial charge in [0.05, 0.1) is 0 Å². The van der Waals surface area contributed by atoms with E-state index in [0.29, 0.717) is 0 Å². The van der Waals surface area contributed by atoms with Crippen LogP contribution in [0, 0.1) is 5.92 Å². The lowest BCUT2D eigenvalue weighted by atomic mass is 10.3. The van der Waals surface area contributed by atoms with E-state index >= 15 is 0 Å². The van der Waals surface area contributed by atoms with Crippen LogP contribution in [0.1, 0.15) is 20.3 Å². The quantitative estimate of drug-likeness (QED) is 0.452. The molecule has 0 bridgehead atoms. The second kappa shape index (κ2) is 1.11. The van der Waals surface area contributed by atoms with Crippen molar-refractivity contribution in [2.45, 2.75) is 20.3 Å². The van der Waals surface area contributed by atoms with Gasteiger partial charge in [-0.2, -0.15) is 0 Å². The van der Waals surface area contributed by atoms with Crippen molar-refractivity contribution in [3.63, 3.8) is 0 Å². The van der Waals surface area contributed by atoms with Crippen LogP contribution in [0.3, 0.4) is 0 Å². The van der Waals surface area contributed by atoms with Gasteiger partial charge in [-0.1, -0.05) is 25.5 Å². The van der Waals surface area contributed by atoms with Gasteiger partial charge in [0.2, 0.25) is 0 Å². The molecule has 1 aliphatic carbocycles. The van der Waals surface area contributed by atoms with Crippen molar-refractivity contribution in [3.8, 4) is 0 Å². The molecule has 0 aromatic carbocycles. The van der Waals surface area contributed by atoms with Crippen LogP contribution < -0.4 is 0 Å². The van der Waals surface area contributed by atoms with Gasteiger partial charge in [0, 0.05) is 5.92 Å². The molecular formula is C6H9. The zero-order valence-corrected chi connectivity index (χ0v) is 4.28. The van der Waals surface area contributed by atoms with Crippen LogP contribution >= 0.6 is 0 Å². The highest BCUT2D eigenvalue weighted by Gasteiger charge is 2.15. The van der Waals surface area contributed by atoms with Crippen LogP contribution in [-0.4, -0.2) is 0 Å². The van der Waals surface area contributed by atoms with Gasteiger partial charge < -0.3 is 0 Å². The first-order chi connectivity index (χ1) is 2.84. The maximum Gasteiger partial charge on any atom is 0.0191 e. The van der Waals surface area contributed by atoms with Crippen molar-refractivity contribution in [2.24, 2.45) is 0 Å². The first-order valence-corrected chi connectivity index (χ1v) is 2.39. The molecular weight excluding hydrogens is 72.1 g/mol. The molecule has 0 amide bonds. The Hall–Kier alpha value is -0.260. The Bertz CT molecular complexity index is 80.0. The molecule has 0 heteroatoms. The number of rotatable bonds is 1. The maximum atomic E-state index is 2.22. The van der Waals surface area contributed by atoms with E-state index in [1.165, 1.54) is 12.3 Å². The molecule has 0 fully saturated rings. The first kappa shape index (κ1) is 3.91. The number of hydrogen-bond acceptors (Lipinski definition) is 0. The molecule has 1 aliphatic rings. The van der Waals surface area contributed by atoms with Gasteiger partial charge in [-0.15, -0.1) is 0 Å². The zero-order chi connectivity index (χ0) is 4.57. The van der Waals surface area contributed by atoms with E-state index in [1.807, 2.05) is 0 Å². The Morgan fingerprint density at radius 2 is 2.17 bits per heavy atom. The van der Waals surface area contributed by atoms with E-state index in [2.05, 4.69) is 19.9 Å². The van der Waals surface area contributed by atoms with Gasteiger partial charge in [0.15, 0.2) is 0 Å². The van der Waals surface area contributed by atoms with Gasteiger partial charge >= 0.3 is 0 Å². The Kier molecular flexibility index (Phi) is 0.722. The summed E-state index contributed by atoms with van der Waals surface area (Å²) >= 11 is 0. The summed E-state index contributed by atoms with van der Waals surface area (Å²) in [5, 5.41) is 0. The average Bonchev–Trinajstić information content (AvgIpc) is 2.19. The lowest BCUT2D eigenvalue weighted by Crippen LogP contribution is -1.61. The molecule has 0 saturated heterocycles. The first-order valence-electron chi connectivity index (χ1n) is 2.39. The van der Waals surface area contributed by atoms with E-state index in [1.54, 1.807) is 5.57 Å². The minimum atomic E-state index is 1.23. The van der Waals surface area contributed by atoms with Crippen LogP contribution in [0.4, 0.5) is 0 Å². The molecule has 0 aromatic heterocycles. The van der Waals surface area contributed by atoms with Crippen LogP contribution in [-0.2, 0) is 0 Å². The standard InChI is InChI=1S/C6H9/c1-3-6-4-5(6)2/h4H,3H2,1-2H3. The second-order valence-electron chi connectivity index (χ2n) is 1.71. The fraction of sp³-hybridized carbons (Fsp3) is 0.500.